The summed E-state index contributed by atoms with van der Waals surface area (Å²) in [7, 11) is 4.65. The first-order valence-corrected chi connectivity index (χ1v) is 10.9. The molecule has 1 N–H and O–H groups in total. The molecule has 1 amide bonds. The highest BCUT2D eigenvalue weighted by molar-refractivity contribution is 6.09. The van der Waals surface area contributed by atoms with Gasteiger partial charge in [0.05, 0.1) is 32.5 Å². The molecule has 2 aromatic carbocycles. The number of carbonyl (C=O) groups is 1. The third-order valence-electron chi connectivity index (χ3n) is 6.02. The van der Waals surface area contributed by atoms with Crippen LogP contribution in [0.3, 0.4) is 0 Å². The van der Waals surface area contributed by atoms with Crippen molar-refractivity contribution in [2.75, 3.05) is 28.1 Å². The van der Waals surface area contributed by atoms with E-state index in [1.165, 1.54) is 0 Å². The van der Waals surface area contributed by atoms with Crippen LogP contribution >= 0.6 is 0 Å². The minimum absolute atomic E-state index is 0.114. The number of rotatable bonds is 9. The van der Waals surface area contributed by atoms with Crippen molar-refractivity contribution in [1.29, 1.82) is 0 Å². The molecule has 0 radical (unpaired) electrons. The number of hydrogen-bond acceptors (Lipinski definition) is 7. The van der Waals surface area contributed by atoms with Gasteiger partial charge in [0.15, 0.2) is 23.0 Å². The summed E-state index contributed by atoms with van der Waals surface area (Å²) < 4.78 is 27.2. The molecule has 0 bridgehead atoms. The lowest BCUT2D eigenvalue weighted by molar-refractivity contribution is -0.122. The molecular formula is C26H28N2O6. The molecule has 0 unspecified atom stereocenters. The predicted octanol–water partition coefficient (Wildman–Crippen LogP) is 4.13. The van der Waals surface area contributed by atoms with E-state index in [4.69, 9.17) is 23.7 Å². The van der Waals surface area contributed by atoms with E-state index in [9.17, 15) is 4.79 Å². The Morgan fingerprint density at radius 2 is 1.74 bits per heavy atom. The van der Waals surface area contributed by atoms with E-state index in [0.717, 1.165) is 18.4 Å². The van der Waals surface area contributed by atoms with Crippen LogP contribution in [0.4, 0.5) is 0 Å². The highest BCUT2D eigenvalue weighted by atomic mass is 16.7. The molecule has 8 heteroatoms. The first-order chi connectivity index (χ1) is 16.5. The van der Waals surface area contributed by atoms with E-state index in [-0.39, 0.29) is 12.7 Å². The number of hydrogen-bond donors (Lipinski definition) is 1. The highest BCUT2D eigenvalue weighted by Gasteiger charge is 2.51. The van der Waals surface area contributed by atoms with Crippen LogP contribution in [0.5, 0.6) is 28.7 Å². The van der Waals surface area contributed by atoms with Gasteiger partial charge in [-0.3, -0.25) is 4.79 Å². The average molecular weight is 465 g/mol. The second-order valence-corrected chi connectivity index (χ2v) is 7.89. The molecule has 2 aliphatic rings. The normalized spacial score (nSPS) is 16.0. The lowest BCUT2D eigenvalue weighted by Gasteiger charge is -2.17. The summed E-state index contributed by atoms with van der Waals surface area (Å²) in [6, 6.07) is 9.22. The van der Waals surface area contributed by atoms with Crippen LogP contribution in [0.2, 0.25) is 0 Å². The zero-order chi connectivity index (χ0) is 24.3. The molecule has 2 aromatic rings. The number of amides is 1. The summed E-state index contributed by atoms with van der Waals surface area (Å²) in [5.41, 5.74) is 1.55. The summed E-state index contributed by atoms with van der Waals surface area (Å²) in [6.07, 6.45) is 4.86. The van der Waals surface area contributed by atoms with Gasteiger partial charge in [0.25, 0.3) is 0 Å². The number of fused-ring (bicyclic) bond motifs is 1. The Morgan fingerprint density at radius 1 is 1.06 bits per heavy atom. The van der Waals surface area contributed by atoms with E-state index < -0.39 is 5.41 Å². The van der Waals surface area contributed by atoms with Crippen molar-refractivity contribution in [3.05, 3.63) is 66.0 Å². The Morgan fingerprint density at radius 3 is 2.29 bits per heavy atom. The molecule has 1 aliphatic carbocycles. The van der Waals surface area contributed by atoms with E-state index in [2.05, 4.69) is 16.9 Å². The van der Waals surface area contributed by atoms with Crippen LogP contribution in [-0.2, 0) is 10.2 Å². The molecule has 1 aliphatic heterocycles. The Bertz CT molecular complexity index is 1150. The lowest BCUT2D eigenvalue weighted by Crippen LogP contribution is -2.34. The summed E-state index contributed by atoms with van der Waals surface area (Å²) in [6.45, 7) is 5.90. The van der Waals surface area contributed by atoms with E-state index in [1.54, 1.807) is 45.6 Å². The van der Waals surface area contributed by atoms with Crippen molar-refractivity contribution in [3.8, 4) is 28.7 Å². The van der Waals surface area contributed by atoms with Crippen LogP contribution in [0, 0.1) is 0 Å². The van der Waals surface area contributed by atoms with E-state index in [0.29, 0.717) is 45.8 Å². The molecule has 0 atom stereocenters. The second-order valence-electron chi connectivity index (χ2n) is 7.89. The maximum atomic E-state index is 13.3. The monoisotopic (exact) mass is 464 g/mol. The van der Waals surface area contributed by atoms with Crippen molar-refractivity contribution < 1.29 is 28.5 Å². The number of methoxy groups -OCH3 is 3. The Hall–Kier alpha value is -3.94. The molecule has 0 aromatic heterocycles. The summed E-state index contributed by atoms with van der Waals surface area (Å²) in [5.74, 6) is 3.14. The topological polar surface area (TPSA) is 87.6 Å². The fourth-order valence-electron chi connectivity index (χ4n) is 3.95. The van der Waals surface area contributed by atoms with Crippen LogP contribution in [-0.4, -0.2) is 39.7 Å². The molecule has 4 rings (SSSR count). The minimum atomic E-state index is -0.606. The molecule has 0 spiro atoms. The molecule has 0 saturated heterocycles. The number of benzene rings is 2. The van der Waals surface area contributed by atoms with E-state index >= 15 is 0 Å². The number of carbonyl (C=O) groups excluding carboxylic acids is 1. The van der Waals surface area contributed by atoms with Gasteiger partial charge in [0.2, 0.25) is 18.4 Å². The number of nitrogens with zero attached hydrogens (tertiary/aromatic N) is 1. The SMILES string of the molecule is C=C/C(=N\C(=C/C)NC(=O)C1(c2ccc3c(c2)OCO3)CC1)c1cc(OC)c(OC)c(OC)c1. The highest BCUT2D eigenvalue weighted by Crippen LogP contribution is 2.50. The minimum Gasteiger partial charge on any atom is -0.493 e. The summed E-state index contributed by atoms with van der Waals surface area (Å²) in [5, 5.41) is 2.98. The molecular weight excluding hydrogens is 436 g/mol. The molecule has 1 saturated carbocycles. The fraction of sp³-hybridized carbons (Fsp3) is 0.308. The molecule has 1 fully saturated rings. The lowest BCUT2D eigenvalue weighted by atomic mass is 9.94. The van der Waals surface area contributed by atoms with Gasteiger partial charge in [-0.1, -0.05) is 12.6 Å². The zero-order valence-corrected chi connectivity index (χ0v) is 19.8. The van der Waals surface area contributed by atoms with Gasteiger partial charge in [0, 0.05) is 5.56 Å². The Kier molecular flexibility index (Phi) is 6.49. The third kappa shape index (κ3) is 4.19. The van der Waals surface area contributed by atoms with Crippen molar-refractivity contribution in [2.45, 2.75) is 25.2 Å². The van der Waals surface area contributed by atoms with Crippen molar-refractivity contribution in [3.63, 3.8) is 0 Å². The van der Waals surface area contributed by atoms with Gasteiger partial charge in [-0.25, -0.2) is 4.99 Å². The van der Waals surface area contributed by atoms with Crippen molar-refractivity contribution >= 4 is 11.6 Å². The standard InChI is InChI=1S/C26H28N2O6/c1-6-18(16-12-21(30-3)24(32-5)22(13-16)31-4)27-23(7-2)28-25(29)26(10-11-26)17-8-9-19-20(14-17)34-15-33-19/h6-9,12-14H,1,10-11,15H2,2-5H3,(H,28,29)/b23-7+,27-18+. The number of allylic oxidation sites excluding steroid dienone is 2. The van der Waals surface area contributed by atoms with Gasteiger partial charge in [-0.15, -0.1) is 0 Å². The molecule has 1 heterocycles. The zero-order valence-electron chi connectivity index (χ0n) is 19.8. The molecule has 34 heavy (non-hydrogen) atoms. The van der Waals surface area contributed by atoms with E-state index in [1.807, 2.05) is 25.1 Å². The Labute approximate surface area is 198 Å². The van der Waals surface area contributed by atoms with Gasteiger partial charge >= 0.3 is 0 Å². The first kappa shape index (κ1) is 23.2. The van der Waals surface area contributed by atoms with Crippen LogP contribution in [0.15, 0.2) is 59.9 Å². The number of nitrogens with one attached hydrogen (secondary N) is 1. The summed E-state index contributed by atoms with van der Waals surface area (Å²) >= 11 is 0. The first-order valence-electron chi connectivity index (χ1n) is 10.9. The smallest absolute Gasteiger partial charge is 0.236 e. The van der Waals surface area contributed by atoms with Gasteiger partial charge in [-0.05, 0) is 61.7 Å². The van der Waals surface area contributed by atoms with Crippen LogP contribution < -0.4 is 29.0 Å². The predicted molar refractivity (Wildman–Crippen MR) is 128 cm³/mol. The van der Waals surface area contributed by atoms with Crippen LogP contribution in [0.25, 0.3) is 0 Å². The number of ether oxygens (including phenoxy) is 5. The van der Waals surface area contributed by atoms with Crippen molar-refractivity contribution in [1.82, 2.24) is 5.32 Å². The largest absolute Gasteiger partial charge is 0.493 e. The second kappa shape index (κ2) is 9.51. The maximum Gasteiger partial charge on any atom is 0.236 e. The third-order valence-corrected chi connectivity index (χ3v) is 6.02. The quantitative estimate of drug-likeness (QED) is 0.562. The number of aliphatic imine (C=N–C) groups is 1. The molecule has 178 valence electrons. The van der Waals surface area contributed by atoms with Gasteiger partial charge < -0.3 is 29.0 Å². The van der Waals surface area contributed by atoms with Crippen LogP contribution in [0.1, 0.15) is 30.9 Å². The van der Waals surface area contributed by atoms with Gasteiger partial charge in [-0.2, -0.15) is 0 Å². The summed E-state index contributed by atoms with van der Waals surface area (Å²) in [4.78, 5) is 18.0. The fourth-order valence-corrected chi connectivity index (χ4v) is 3.95. The molecule has 8 nitrogen and oxygen atoms in total. The van der Waals surface area contributed by atoms with Gasteiger partial charge in [0.1, 0.15) is 5.82 Å². The van der Waals surface area contributed by atoms with Crippen molar-refractivity contribution in [2.24, 2.45) is 4.99 Å². The maximum absolute atomic E-state index is 13.3. The average Bonchev–Trinajstić information content (AvgIpc) is 3.55. The Balaban J connectivity index is 1.59.